The molecule has 0 aromatic heterocycles. The summed E-state index contributed by atoms with van der Waals surface area (Å²) in [6.45, 7) is 2.21. The predicted octanol–water partition coefficient (Wildman–Crippen LogP) is 2.59. The maximum absolute atomic E-state index is 12.9. The highest BCUT2D eigenvalue weighted by Gasteiger charge is 2.39. The van der Waals surface area contributed by atoms with Gasteiger partial charge < -0.3 is 26.4 Å². The number of benzene rings is 2. The fourth-order valence-electron chi connectivity index (χ4n) is 2.82. The third kappa shape index (κ3) is 2.41. The van der Waals surface area contributed by atoms with Gasteiger partial charge in [-0.25, -0.2) is 0 Å². The van der Waals surface area contributed by atoms with Gasteiger partial charge in [0.2, 0.25) is 11.6 Å². The first kappa shape index (κ1) is 17.1. The number of ketones is 2. The summed E-state index contributed by atoms with van der Waals surface area (Å²) in [5, 5.41) is 20.4. The van der Waals surface area contributed by atoms with Gasteiger partial charge in [0.1, 0.15) is 17.2 Å². The maximum atomic E-state index is 12.9. The molecule has 0 fully saturated rings. The van der Waals surface area contributed by atoms with Crippen LogP contribution in [0.25, 0.3) is 0 Å². The molecule has 2 aromatic carbocycles. The van der Waals surface area contributed by atoms with Crippen LogP contribution >= 0.6 is 15.9 Å². The van der Waals surface area contributed by atoms with Crippen molar-refractivity contribution in [2.75, 3.05) is 18.1 Å². The van der Waals surface area contributed by atoms with E-state index in [1.54, 1.807) is 0 Å². The van der Waals surface area contributed by atoms with Crippen molar-refractivity contribution in [3.05, 3.63) is 38.9 Å². The number of hydrogen-bond donors (Lipinski definition) is 4. The summed E-state index contributed by atoms with van der Waals surface area (Å²) in [5.74, 6) is -2.12. The van der Waals surface area contributed by atoms with Crippen molar-refractivity contribution in [2.24, 2.45) is 0 Å². The molecule has 0 spiro atoms. The summed E-state index contributed by atoms with van der Waals surface area (Å²) in [4.78, 5) is 25.8. The number of rotatable bonds is 3. The van der Waals surface area contributed by atoms with E-state index in [2.05, 4.69) is 15.9 Å². The zero-order chi connectivity index (χ0) is 18.5. The van der Waals surface area contributed by atoms with E-state index in [0.29, 0.717) is 13.0 Å². The van der Waals surface area contributed by atoms with Crippen LogP contribution in [0.5, 0.6) is 17.2 Å². The Balaban J connectivity index is 2.33. The van der Waals surface area contributed by atoms with E-state index in [4.69, 9.17) is 16.2 Å². The van der Waals surface area contributed by atoms with Gasteiger partial charge in [0.05, 0.1) is 40.2 Å². The van der Waals surface area contributed by atoms with E-state index in [9.17, 15) is 19.8 Å². The van der Waals surface area contributed by atoms with Crippen molar-refractivity contribution < 1.29 is 24.5 Å². The van der Waals surface area contributed by atoms with E-state index in [1.165, 1.54) is 12.1 Å². The van der Waals surface area contributed by atoms with Crippen LogP contribution in [0.2, 0.25) is 0 Å². The number of hydrogen-bond acceptors (Lipinski definition) is 7. The molecule has 0 aliphatic heterocycles. The van der Waals surface area contributed by atoms with Gasteiger partial charge in [-0.05, 0) is 28.4 Å². The molecule has 6 N–H and O–H groups in total. The Morgan fingerprint density at radius 3 is 2.04 bits per heavy atom. The van der Waals surface area contributed by atoms with Crippen LogP contribution in [0, 0.1) is 0 Å². The molecule has 2 aromatic rings. The molecule has 0 atom stereocenters. The normalized spacial score (nSPS) is 12.7. The minimum Gasteiger partial charge on any atom is -0.507 e. The lowest BCUT2D eigenvalue weighted by molar-refractivity contribution is 0.0975. The van der Waals surface area contributed by atoms with Gasteiger partial charge in [-0.3, -0.25) is 9.59 Å². The molecule has 0 saturated heterocycles. The number of aromatic hydroxyl groups is 2. The lowest BCUT2D eigenvalue weighted by Gasteiger charge is -2.23. The Kier molecular flexibility index (Phi) is 4.08. The molecular formula is C17H15BrN2O5. The SMILES string of the molecule is CCCOc1cc(O)c2c(c1N)C(=O)c1c(O)cc(Br)c(N)c1C2=O. The predicted molar refractivity (Wildman–Crippen MR) is 95.4 cm³/mol. The van der Waals surface area contributed by atoms with Crippen molar-refractivity contribution in [1.29, 1.82) is 0 Å². The Morgan fingerprint density at radius 2 is 1.48 bits per heavy atom. The molecule has 0 bridgehead atoms. The number of anilines is 2. The number of phenols is 2. The Bertz CT molecular complexity index is 940. The van der Waals surface area contributed by atoms with Gasteiger partial charge in [-0.1, -0.05) is 6.92 Å². The molecular weight excluding hydrogens is 392 g/mol. The second-order valence-electron chi connectivity index (χ2n) is 5.61. The topological polar surface area (TPSA) is 136 Å². The highest BCUT2D eigenvalue weighted by Crippen LogP contribution is 2.45. The fraction of sp³-hybridized carbons (Fsp3) is 0.176. The summed E-state index contributed by atoms with van der Waals surface area (Å²) in [6.07, 6.45) is 0.693. The third-order valence-corrected chi connectivity index (χ3v) is 4.63. The van der Waals surface area contributed by atoms with Crippen LogP contribution in [0.15, 0.2) is 16.6 Å². The molecule has 1 aliphatic rings. The lowest BCUT2D eigenvalue weighted by atomic mass is 9.81. The molecule has 8 heteroatoms. The summed E-state index contributed by atoms with van der Waals surface area (Å²) < 4.78 is 5.70. The van der Waals surface area contributed by atoms with Gasteiger partial charge >= 0.3 is 0 Å². The number of halogens is 1. The Morgan fingerprint density at radius 1 is 0.960 bits per heavy atom. The van der Waals surface area contributed by atoms with Crippen LogP contribution < -0.4 is 16.2 Å². The number of nitrogen functional groups attached to an aromatic ring is 2. The van der Waals surface area contributed by atoms with Crippen LogP contribution in [-0.2, 0) is 0 Å². The number of phenolic OH excluding ortho intramolecular Hbond substituents is 2. The molecule has 0 heterocycles. The molecule has 3 rings (SSSR count). The van der Waals surface area contributed by atoms with Crippen molar-refractivity contribution >= 4 is 38.9 Å². The summed E-state index contributed by atoms with van der Waals surface area (Å²) in [7, 11) is 0. The standard InChI is InChI=1S/C17H15BrN2O5/c1-2-3-25-9-5-8(22)11-13(15(9)20)17(24)10-7(21)4-6(18)14(19)12(10)16(11)23/h4-5,21-22H,2-3,19-20H2,1H3. The maximum Gasteiger partial charge on any atom is 0.200 e. The van der Waals surface area contributed by atoms with E-state index < -0.39 is 23.1 Å². The van der Waals surface area contributed by atoms with E-state index >= 15 is 0 Å². The van der Waals surface area contributed by atoms with E-state index in [0.717, 1.165) is 0 Å². The lowest BCUT2D eigenvalue weighted by Crippen LogP contribution is -2.24. The van der Waals surface area contributed by atoms with Crippen LogP contribution in [0.4, 0.5) is 11.4 Å². The second kappa shape index (κ2) is 5.96. The average molecular weight is 407 g/mol. The van der Waals surface area contributed by atoms with Gasteiger partial charge in [-0.15, -0.1) is 0 Å². The molecule has 0 radical (unpaired) electrons. The van der Waals surface area contributed by atoms with Crippen molar-refractivity contribution in [1.82, 2.24) is 0 Å². The largest absolute Gasteiger partial charge is 0.507 e. The average Bonchev–Trinajstić information content (AvgIpc) is 2.56. The number of ether oxygens (including phenoxy) is 1. The number of carbonyl (C=O) groups is 2. The van der Waals surface area contributed by atoms with Crippen LogP contribution in [0.1, 0.15) is 45.2 Å². The Labute approximate surface area is 151 Å². The van der Waals surface area contributed by atoms with Crippen molar-refractivity contribution in [3.8, 4) is 17.2 Å². The molecule has 0 unspecified atom stereocenters. The molecule has 130 valence electrons. The minimum atomic E-state index is -0.698. The first-order chi connectivity index (χ1) is 11.8. The summed E-state index contributed by atoms with van der Waals surface area (Å²) in [5.41, 5.74) is 11.0. The van der Waals surface area contributed by atoms with Crippen LogP contribution in [-0.4, -0.2) is 28.4 Å². The van der Waals surface area contributed by atoms with Crippen LogP contribution in [0.3, 0.4) is 0 Å². The van der Waals surface area contributed by atoms with E-state index in [1.807, 2.05) is 6.92 Å². The molecule has 0 saturated carbocycles. The van der Waals surface area contributed by atoms with Crippen molar-refractivity contribution in [2.45, 2.75) is 13.3 Å². The summed E-state index contributed by atoms with van der Waals surface area (Å²) in [6, 6.07) is 2.44. The second-order valence-corrected chi connectivity index (χ2v) is 6.46. The monoisotopic (exact) mass is 406 g/mol. The summed E-state index contributed by atoms with van der Waals surface area (Å²) >= 11 is 3.13. The minimum absolute atomic E-state index is 0.00100. The number of nitrogens with two attached hydrogens (primary N) is 2. The van der Waals surface area contributed by atoms with E-state index in [-0.39, 0.29) is 43.9 Å². The van der Waals surface area contributed by atoms with Crippen molar-refractivity contribution in [3.63, 3.8) is 0 Å². The molecule has 0 amide bonds. The number of fused-ring (bicyclic) bond motifs is 2. The fourth-order valence-corrected chi connectivity index (χ4v) is 3.24. The first-order valence-corrected chi connectivity index (χ1v) is 8.27. The third-order valence-electron chi connectivity index (χ3n) is 3.97. The first-order valence-electron chi connectivity index (χ1n) is 7.48. The highest BCUT2D eigenvalue weighted by atomic mass is 79.9. The zero-order valence-electron chi connectivity index (χ0n) is 13.2. The van der Waals surface area contributed by atoms with Gasteiger partial charge in [0.15, 0.2) is 0 Å². The molecule has 1 aliphatic carbocycles. The van der Waals surface area contributed by atoms with Gasteiger partial charge in [0, 0.05) is 10.5 Å². The smallest absolute Gasteiger partial charge is 0.200 e. The highest BCUT2D eigenvalue weighted by molar-refractivity contribution is 9.10. The number of carbonyl (C=O) groups excluding carboxylic acids is 2. The zero-order valence-corrected chi connectivity index (χ0v) is 14.8. The quantitative estimate of drug-likeness (QED) is 0.387. The Hall–Kier alpha value is -2.74. The molecule has 7 nitrogen and oxygen atoms in total. The molecule has 25 heavy (non-hydrogen) atoms. The van der Waals surface area contributed by atoms with Gasteiger partial charge in [-0.2, -0.15) is 0 Å². The van der Waals surface area contributed by atoms with Gasteiger partial charge in [0.25, 0.3) is 0 Å².